The van der Waals surface area contributed by atoms with Crippen molar-refractivity contribution in [2.75, 3.05) is 9.96 Å². The molecule has 1 fully saturated rings. The standard InChI is InChI=1S/C27H21ClN2O3/c28-22-10-7-13-24(18-22)29-26(30(33-27(29)31)23-11-5-2-6-12-23)21-14-16-25(17-15-21)32-19-20-8-3-1-4-9-20/h1-18,26H,19H2. The smallest absolute Gasteiger partial charge is 0.440 e. The van der Waals surface area contributed by atoms with Gasteiger partial charge in [0.25, 0.3) is 0 Å². The first-order valence-corrected chi connectivity index (χ1v) is 10.9. The Hall–Kier alpha value is -3.96. The van der Waals surface area contributed by atoms with Crippen molar-refractivity contribution >= 4 is 29.1 Å². The molecule has 0 spiro atoms. The van der Waals surface area contributed by atoms with E-state index in [1.165, 1.54) is 0 Å². The Bertz CT molecular complexity index is 1230. The first-order valence-electron chi connectivity index (χ1n) is 10.6. The average molecular weight is 457 g/mol. The van der Waals surface area contributed by atoms with E-state index in [1.807, 2.05) is 97.1 Å². The number of halogens is 1. The summed E-state index contributed by atoms with van der Waals surface area (Å²) in [6.07, 6.45) is -0.989. The summed E-state index contributed by atoms with van der Waals surface area (Å²) in [5.41, 5.74) is 3.39. The van der Waals surface area contributed by atoms with Crippen molar-refractivity contribution in [2.45, 2.75) is 12.8 Å². The molecule has 0 bridgehead atoms. The number of benzene rings is 4. The van der Waals surface area contributed by atoms with Crippen LogP contribution in [-0.2, 0) is 11.4 Å². The van der Waals surface area contributed by atoms with Crippen molar-refractivity contribution in [2.24, 2.45) is 0 Å². The fraction of sp³-hybridized carbons (Fsp3) is 0.0741. The van der Waals surface area contributed by atoms with Gasteiger partial charge in [0.2, 0.25) is 0 Å². The second-order valence-electron chi connectivity index (χ2n) is 7.59. The monoisotopic (exact) mass is 456 g/mol. The maximum absolute atomic E-state index is 13.0. The van der Waals surface area contributed by atoms with Crippen molar-refractivity contribution < 1.29 is 14.4 Å². The van der Waals surface area contributed by atoms with Gasteiger partial charge in [0, 0.05) is 5.02 Å². The van der Waals surface area contributed by atoms with E-state index >= 15 is 0 Å². The molecule has 1 aliphatic rings. The van der Waals surface area contributed by atoms with Gasteiger partial charge in [0.1, 0.15) is 12.4 Å². The summed E-state index contributed by atoms with van der Waals surface area (Å²) in [4.78, 5) is 20.3. The molecule has 1 heterocycles. The second kappa shape index (κ2) is 9.27. The maximum Gasteiger partial charge on any atom is 0.440 e. The van der Waals surface area contributed by atoms with Crippen molar-refractivity contribution in [1.82, 2.24) is 0 Å². The van der Waals surface area contributed by atoms with Gasteiger partial charge in [0.15, 0.2) is 6.17 Å². The molecule has 1 saturated heterocycles. The largest absolute Gasteiger partial charge is 0.489 e. The Morgan fingerprint density at radius 1 is 0.788 bits per heavy atom. The Balaban J connectivity index is 1.46. The first-order chi connectivity index (χ1) is 16.2. The number of carbonyl (C=O) groups excluding carboxylic acids is 1. The lowest BCUT2D eigenvalue weighted by Gasteiger charge is -2.27. The number of hydrogen-bond donors (Lipinski definition) is 0. The molecule has 0 N–H and O–H groups in total. The Labute approximate surface area is 197 Å². The van der Waals surface area contributed by atoms with E-state index in [2.05, 4.69) is 0 Å². The molecule has 1 aliphatic heterocycles. The van der Waals surface area contributed by atoms with Crippen molar-refractivity contribution in [3.05, 3.63) is 125 Å². The lowest BCUT2D eigenvalue weighted by atomic mass is 10.1. The van der Waals surface area contributed by atoms with Gasteiger partial charge in [-0.2, -0.15) is 5.06 Å². The number of carbonyl (C=O) groups is 1. The number of hydroxylamine groups is 1. The molecule has 5 rings (SSSR count). The molecule has 5 nitrogen and oxygen atoms in total. The van der Waals surface area contributed by atoms with Crippen LogP contribution in [0.4, 0.5) is 16.2 Å². The van der Waals surface area contributed by atoms with Crippen molar-refractivity contribution in [3.63, 3.8) is 0 Å². The molecule has 0 saturated carbocycles. The zero-order valence-corrected chi connectivity index (χ0v) is 18.4. The van der Waals surface area contributed by atoms with Crippen LogP contribution in [0.5, 0.6) is 5.75 Å². The number of nitrogens with zero attached hydrogens (tertiary/aromatic N) is 2. The highest BCUT2D eigenvalue weighted by molar-refractivity contribution is 6.30. The molecule has 1 unspecified atom stereocenters. The Morgan fingerprint density at radius 3 is 2.15 bits per heavy atom. The van der Waals surface area contributed by atoms with Gasteiger partial charge in [0.05, 0.1) is 11.4 Å². The van der Waals surface area contributed by atoms with Gasteiger partial charge in [-0.3, -0.25) is 0 Å². The van der Waals surface area contributed by atoms with Gasteiger partial charge in [-0.1, -0.05) is 78.3 Å². The number of anilines is 2. The highest BCUT2D eigenvalue weighted by atomic mass is 35.5. The molecule has 0 aromatic heterocycles. The molecule has 1 atom stereocenters. The van der Waals surface area contributed by atoms with E-state index in [1.54, 1.807) is 22.1 Å². The van der Waals surface area contributed by atoms with Crippen molar-refractivity contribution in [1.29, 1.82) is 0 Å². The van der Waals surface area contributed by atoms with E-state index in [4.69, 9.17) is 21.2 Å². The van der Waals surface area contributed by atoms with E-state index in [0.29, 0.717) is 17.3 Å². The first kappa shape index (κ1) is 20.9. The van der Waals surface area contributed by atoms with Crippen molar-refractivity contribution in [3.8, 4) is 5.75 Å². The summed E-state index contributed by atoms with van der Waals surface area (Å²) in [6.45, 7) is 0.482. The minimum absolute atomic E-state index is 0.476. The molecular weight excluding hydrogens is 436 g/mol. The fourth-order valence-corrected chi connectivity index (χ4v) is 3.97. The van der Waals surface area contributed by atoms with E-state index in [0.717, 1.165) is 22.6 Å². The topological polar surface area (TPSA) is 42.0 Å². The molecule has 0 aliphatic carbocycles. The predicted molar refractivity (Wildman–Crippen MR) is 129 cm³/mol. The molecule has 4 aromatic carbocycles. The van der Waals surface area contributed by atoms with Crippen LogP contribution in [0.3, 0.4) is 0 Å². The molecular formula is C27H21ClN2O3. The molecule has 0 radical (unpaired) electrons. The van der Waals surface area contributed by atoms with E-state index < -0.39 is 12.3 Å². The number of hydrogen-bond acceptors (Lipinski definition) is 4. The average Bonchev–Trinajstić information content (AvgIpc) is 3.21. The van der Waals surface area contributed by atoms with Crippen LogP contribution in [0.15, 0.2) is 109 Å². The van der Waals surface area contributed by atoms with Crippen LogP contribution in [0.1, 0.15) is 17.3 Å². The molecule has 164 valence electrons. The van der Waals surface area contributed by atoms with Crippen LogP contribution in [0.25, 0.3) is 0 Å². The highest BCUT2D eigenvalue weighted by Crippen LogP contribution is 2.40. The van der Waals surface area contributed by atoms with Crippen LogP contribution >= 0.6 is 11.6 Å². The lowest BCUT2D eigenvalue weighted by molar-refractivity contribution is 0.164. The van der Waals surface area contributed by atoms with Gasteiger partial charge < -0.3 is 9.57 Å². The third-order valence-corrected chi connectivity index (χ3v) is 5.60. The van der Waals surface area contributed by atoms with Crippen LogP contribution in [0, 0.1) is 0 Å². The summed E-state index contributed by atoms with van der Waals surface area (Å²) in [6, 6.07) is 34.4. The van der Waals surface area contributed by atoms with Gasteiger partial charge >= 0.3 is 6.09 Å². The van der Waals surface area contributed by atoms with Gasteiger partial charge in [-0.25, -0.2) is 9.69 Å². The summed E-state index contributed by atoms with van der Waals surface area (Å²) < 4.78 is 5.93. The fourth-order valence-electron chi connectivity index (χ4n) is 3.79. The predicted octanol–water partition coefficient (Wildman–Crippen LogP) is 7.00. The minimum Gasteiger partial charge on any atom is -0.489 e. The van der Waals surface area contributed by atoms with E-state index in [-0.39, 0.29) is 0 Å². The third-order valence-electron chi connectivity index (χ3n) is 5.36. The second-order valence-corrected chi connectivity index (χ2v) is 8.02. The van der Waals surface area contributed by atoms with Crippen LogP contribution in [0.2, 0.25) is 5.02 Å². The number of amides is 1. The van der Waals surface area contributed by atoms with Crippen LogP contribution < -0.4 is 14.7 Å². The Morgan fingerprint density at radius 2 is 1.45 bits per heavy atom. The van der Waals surface area contributed by atoms with Gasteiger partial charge in [-0.05, 0) is 53.6 Å². The minimum atomic E-state index is -0.512. The number of ether oxygens (including phenoxy) is 1. The number of para-hydroxylation sites is 1. The quantitative estimate of drug-likeness (QED) is 0.313. The maximum atomic E-state index is 13.0. The summed E-state index contributed by atoms with van der Waals surface area (Å²) in [5, 5.41) is 2.16. The van der Waals surface area contributed by atoms with Gasteiger partial charge in [-0.15, -0.1) is 0 Å². The third kappa shape index (κ3) is 4.49. The molecule has 4 aromatic rings. The zero-order chi connectivity index (χ0) is 22.6. The molecule has 1 amide bonds. The molecule has 33 heavy (non-hydrogen) atoms. The normalized spacial score (nSPS) is 15.4. The zero-order valence-electron chi connectivity index (χ0n) is 17.7. The Kier molecular flexibility index (Phi) is 5.87. The SMILES string of the molecule is O=C1ON(c2ccccc2)C(c2ccc(OCc3ccccc3)cc2)N1c1cccc(Cl)c1. The van der Waals surface area contributed by atoms with Crippen LogP contribution in [-0.4, -0.2) is 6.09 Å². The lowest BCUT2D eigenvalue weighted by Crippen LogP contribution is -2.31. The number of rotatable bonds is 6. The molecule has 6 heteroatoms. The summed E-state index contributed by atoms with van der Waals surface area (Å²) >= 11 is 6.22. The summed E-state index contributed by atoms with van der Waals surface area (Å²) in [7, 11) is 0. The summed E-state index contributed by atoms with van der Waals surface area (Å²) in [5.74, 6) is 0.744. The highest BCUT2D eigenvalue weighted by Gasteiger charge is 2.42. The van der Waals surface area contributed by atoms with E-state index in [9.17, 15) is 4.79 Å².